The number of rotatable bonds is 10. The smallest absolute Gasteiger partial charge is 0.280 e. The van der Waals surface area contributed by atoms with Crippen molar-refractivity contribution in [3.05, 3.63) is 76.1 Å². The van der Waals surface area contributed by atoms with Crippen LogP contribution in [0.25, 0.3) is 39.2 Å². The normalized spacial score (nSPS) is 15.3. The second-order valence-electron chi connectivity index (χ2n) is 12.7. The van der Waals surface area contributed by atoms with E-state index in [1.165, 1.54) is 24.8 Å². The van der Waals surface area contributed by atoms with Crippen LogP contribution in [0.1, 0.15) is 54.8 Å². The molecule has 1 saturated heterocycles. The fourth-order valence-corrected chi connectivity index (χ4v) is 6.58. The number of aromatic amines is 1. The lowest BCUT2D eigenvalue weighted by Gasteiger charge is -2.25. The molecule has 0 unspecified atom stereocenters. The molecule has 4 aromatic heterocycles. The number of fused-ring (bicyclic) bond motifs is 1. The summed E-state index contributed by atoms with van der Waals surface area (Å²) in [5, 5.41) is 22.4. The molecule has 11 heteroatoms. The van der Waals surface area contributed by atoms with Crippen LogP contribution in [0.5, 0.6) is 0 Å². The van der Waals surface area contributed by atoms with Gasteiger partial charge in [-0.15, -0.1) is 10.2 Å². The number of aryl methyl sites for hydroxylation is 1. The molecule has 0 spiro atoms. The number of likely N-dealkylation sites (N-methyl/N-ethyl adjacent to an activating group) is 2. The standard InChI is InChI=1S/C35H40N10O/c1-37-11-14-42(2)31-16-25(27-10-7-23(19-36)15-29(27)34-41-38-22-43(34)3)17-32(40-31)45-21-30(24-8-9-24)28-18-26(39-33(28)35(45)46)20-44-12-5-4-6-13-44/h7,10,15-18,21-22,24,37,39H,4-6,8-9,11-14,20H2,1-3H3. The monoisotopic (exact) mass is 616 g/mol. The lowest BCUT2D eigenvalue weighted by molar-refractivity contribution is 0.219. The van der Waals surface area contributed by atoms with Crippen LogP contribution in [0.4, 0.5) is 5.82 Å². The van der Waals surface area contributed by atoms with E-state index in [1.54, 1.807) is 10.9 Å². The molecule has 236 valence electrons. The summed E-state index contributed by atoms with van der Waals surface area (Å²) < 4.78 is 3.57. The third-order valence-electron chi connectivity index (χ3n) is 9.29. The molecule has 1 aliphatic heterocycles. The van der Waals surface area contributed by atoms with Crippen molar-refractivity contribution in [1.82, 2.24) is 39.5 Å². The molecule has 1 aromatic carbocycles. The maximum Gasteiger partial charge on any atom is 0.280 e. The zero-order valence-electron chi connectivity index (χ0n) is 26.8. The number of H-pyrrole nitrogens is 1. The average molecular weight is 617 g/mol. The summed E-state index contributed by atoms with van der Waals surface area (Å²) in [5.74, 6) is 2.39. The molecule has 46 heavy (non-hydrogen) atoms. The Morgan fingerprint density at radius 1 is 1.11 bits per heavy atom. The minimum Gasteiger partial charge on any atom is -0.358 e. The zero-order chi connectivity index (χ0) is 31.8. The van der Waals surface area contributed by atoms with E-state index in [4.69, 9.17) is 4.98 Å². The molecule has 7 rings (SSSR count). The van der Waals surface area contributed by atoms with Gasteiger partial charge in [-0.05, 0) is 98.8 Å². The number of nitrogens with zero attached hydrogens (tertiary/aromatic N) is 8. The Balaban J connectivity index is 1.40. The van der Waals surface area contributed by atoms with Crippen LogP contribution in [0.3, 0.4) is 0 Å². The van der Waals surface area contributed by atoms with E-state index in [2.05, 4.69) is 42.4 Å². The summed E-state index contributed by atoms with van der Waals surface area (Å²) in [5.41, 5.74) is 5.90. The van der Waals surface area contributed by atoms with Gasteiger partial charge in [-0.25, -0.2) is 4.98 Å². The third-order valence-corrected chi connectivity index (χ3v) is 9.29. The van der Waals surface area contributed by atoms with Gasteiger partial charge in [-0.3, -0.25) is 14.3 Å². The number of pyridine rings is 2. The van der Waals surface area contributed by atoms with Gasteiger partial charge in [0.2, 0.25) is 0 Å². The SMILES string of the molecule is CNCCN(C)c1cc(-c2ccc(C#N)cc2-c2nncn2C)cc(-n2cc(C3CC3)c3cc(CN4CCCCC4)[nH]c3c2=O)n1. The largest absolute Gasteiger partial charge is 0.358 e. The van der Waals surface area contributed by atoms with Crippen molar-refractivity contribution in [2.45, 2.75) is 44.6 Å². The third kappa shape index (κ3) is 5.82. The topological polar surface area (TPSA) is 124 Å². The maximum absolute atomic E-state index is 14.3. The molecular weight excluding hydrogens is 576 g/mol. The highest BCUT2D eigenvalue weighted by atomic mass is 16.1. The molecule has 1 saturated carbocycles. The van der Waals surface area contributed by atoms with Gasteiger partial charge in [0.25, 0.3) is 5.56 Å². The Kier molecular flexibility index (Phi) is 8.15. The Bertz CT molecular complexity index is 1990. The first kappa shape index (κ1) is 29.9. The van der Waals surface area contributed by atoms with E-state index >= 15 is 0 Å². The fourth-order valence-electron chi connectivity index (χ4n) is 6.58. The van der Waals surface area contributed by atoms with Crippen LogP contribution >= 0.6 is 0 Å². The van der Waals surface area contributed by atoms with E-state index < -0.39 is 0 Å². The highest BCUT2D eigenvalue weighted by molar-refractivity contribution is 5.85. The quantitative estimate of drug-likeness (QED) is 0.234. The number of nitrogens with one attached hydrogen (secondary N) is 2. The van der Waals surface area contributed by atoms with Crippen molar-refractivity contribution in [2.75, 3.05) is 45.2 Å². The highest BCUT2D eigenvalue weighted by Gasteiger charge is 2.29. The van der Waals surface area contributed by atoms with Gasteiger partial charge in [-0.1, -0.05) is 12.5 Å². The highest BCUT2D eigenvalue weighted by Crippen LogP contribution is 2.43. The van der Waals surface area contributed by atoms with E-state index in [0.29, 0.717) is 28.6 Å². The van der Waals surface area contributed by atoms with Crippen molar-refractivity contribution in [3.63, 3.8) is 0 Å². The molecule has 0 bridgehead atoms. The number of aromatic nitrogens is 6. The predicted molar refractivity (Wildman–Crippen MR) is 180 cm³/mol. The minimum atomic E-state index is -0.105. The predicted octanol–water partition coefficient (Wildman–Crippen LogP) is 4.57. The first-order valence-electron chi connectivity index (χ1n) is 16.2. The summed E-state index contributed by atoms with van der Waals surface area (Å²) in [6.07, 6.45) is 9.66. The lowest BCUT2D eigenvalue weighted by Crippen LogP contribution is -2.29. The fraction of sp³-hybridized carbons (Fsp3) is 0.400. The molecule has 5 aromatic rings. The molecular formula is C35H40N10O. The van der Waals surface area contributed by atoms with Gasteiger partial charge in [0.05, 0.1) is 11.6 Å². The van der Waals surface area contributed by atoms with E-state index in [0.717, 1.165) is 79.2 Å². The summed E-state index contributed by atoms with van der Waals surface area (Å²) in [6.45, 7) is 4.53. The average Bonchev–Trinajstić information content (AvgIpc) is 3.70. The Morgan fingerprint density at radius 2 is 1.93 bits per heavy atom. The van der Waals surface area contributed by atoms with Gasteiger partial charge >= 0.3 is 0 Å². The zero-order valence-corrected chi connectivity index (χ0v) is 26.8. The Morgan fingerprint density at radius 3 is 2.65 bits per heavy atom. The lowest BCUT2D eigenvalue weighted by atomic mass is 9.97. The molecule has 11 nitrogen and oxygen atoms in total. The molecule has 0 amide bonds. The van der Waals surface area contributed by atoms with Crippen LogP contribution < -0.4 is 15.8 Å². The molecule has 1 aliphatic carbocycles. The molecule has 2 fully saturated rings. The van der Waals surface area contributed by atoms with E-state index in [-0.39, 0.29) is 5.56 Å². The second kappa shape index (κ2) is 12.5. The van der Waals surface area contributed by atoms with Crippen molar-refractivity contribution < 1.29 is 0 Å². The van der Waals surface area contributed by atoms with Gasteiger partial charge < -0.3 is 19.8 Å². The van der Waals surface area contributed by atoms with Crippen molar-refractivity contribution in [3.8, 4) is 34.4 Å². The number of anilines is 1. The number of hydrogen-bond acceptors (Lipinski definition) is 8. The molecule has 2 aliphatic rings. The Hall–Kier alpha value is -4.79. The molecule has 0 radical (unpaired) electrons. The minimum absolute atomic E-state index is 0.105. The molecule has 5 heterocycles. The van der Waals surface area contributed by atoms with E-state index in [9.17, 15) is 10.1 Å². The van der Waals surface area contributed by atoms with Crippen LogP contribution in [0.2, 0.25) is 0 Å². The van der Waals surface area contributed by atoms with Crippen molar-refractivity contribution >= 4 is 16.7 Å². The van der Waals surface area contributed by atoms with Gasteiger partial charge in [0, 0.05) is 56.6 Å². The first-order valence-corrected chi connectivity index (χ1v) is 16.2. The van der Waals surface area contributed by atoms with Crippen molar-refractivity contribution in [1.29, 1.82) is 5.26 Å². The van der Waals surface area contributed by atoms with E-state index in [1.807, 2.05) is 62.2 Å². The number of nitriles is 1. The number of likely N-dealkylation sites (tertiary alicyclic amines) is 1. The van der Waals surface area contributed by atoms with Crippen LogP contribution in [0.15, 0.2) is 53.7 Å². The summed E-state index contributed by atoms with van der Waals surface area (Å²) in [7, 11) is 5.82. The first-order chi connectivity index (χ1) is 22.4. The second-order valence-corrected chi connectivity index (χ2v) is 12.7. The number of piperidine rings is 1. The molecule has 0 atom stereocenters. The van der Waals surface area contributed by atoms with Crippen LogP contribution in [-0.2, 0) is 13.6 Å². The number of hydrogen-bond donors (Lipinski definition) is 2. The number of benzene rings is 1. The summed E-state index contributed by atoms with van der Waals surface area (Å²) in [6, 6.07) is 14.1. The summed E-state index contributed by atoms with van der Waals surface area (Å²) >= 11 is 0. The van der Waals surface area contributed by atoms with Gasteiger partial charge in [0.1, 0.15) is 23.5 Å². The van der Waals surface area contributed by atoms with Crippen LogP contribution in [0, 0.1) is 11.3 Å². The van der Waals surface area contributed by atoms with Crippen molar-refractivity contribution in [2.24, 2.45) is 7.05 Å². The molecule has 2 N–H and O–H groups in total. The van der Waals surface area contributed by atoms with Crippen LogP contribution in [-0.4, -0.2) is 74.5 Å². The van der Waals surface area contributed by atoms with Gasteiger partial charge in [0.15, 0.2) is 5.82 Å². The summed E-state index contributed by atoms with van der Waals surface area (Å²) in [4.78, 5) is 27.5. The Labute approximate surface area is 268 Å². The van der Waals surface area contributed by atoms with Gasteiger partial charge in [-0.2, -0.15) is 5.26 Å². The maximum atomic E-state index is 14.3.